The highest BCUT2D eigenvalue weighted by molar-refractivity contribution is 5.89. The number of rotatable bonds is 7. The van der Waals surface area contributed by atoms with Gasteiger partial charge in [0, 0.05) is 31.7 Å². The average molecular weight is 434 g/mol. The zero-order valence-corrected chi connectivity index (χ0v) is 18.6. The van der Waals surface area contributed by atoms with E-state index in [0.29, 0.717) is 24.5 Å². The zero-order chi connectivity index (χ0) is 22.5. The van der Waals surface area contributed by atoms with Gasteiger partial charge in [0.15, 0.2) is 0 Å². The summed E-state index contributed by atoms with van der Waals surface area (Å²) in [7, 11) is 3.71. The quantitative estimate of drug-likeness (QED) is 0.554. The number of piperazine rings is 1. The molecule has 1 heterocycles. The standard InChI is InChI=1S/C26H28FN3O2/c1-29-11-13-30(14-12-29)25(19-7-9-22(27)10-8-19)18-32-17-24-23-6-4-3-5-20(23)15-21(16-28)26(24)31-2/h3-10,15,25H,11-14,17-18H2,1-2H3. The molecule has 0 amide bonds. The maximum absolute atomic E-state index is 13.5. The second-order valence-electron chi connectivity index (χ2n) is 8.19. The molecule has 0 saturated carbocycles. The Morgan fingerprint density at radius 1 is 1.06 bits per heavy atom. The van der Waals surface area contributed by atoms with Gasteiger partial charge in [0.1, 0.15) is 17.6 Å². The first-order valence-corrected chi connectivity index (χ1v) is 10.8. The van der Waals surface area contributed by atoms with Crippen molar-refractivity contribution in [1.82, 2.24) is 9.80 Å². The third-order valence-corrected chi connectivity index (χ3v) is 6.18. The van der Waals surface area contributed by atoms with Gasteiger partial charge in [0.05, 0.1) is 31.9 Å². The van der Waals surface area contributed by atoms with Crippen LogP contribution in [0.5, 0.6) is 5.75 Å². The third-order valence-electron chi connectivity index (χ3n) is 6.18. The molecule has 0 bridgehead atoms. The molecule has 0 radical (unpaired) electrons. The van der Waals surface area contributed by atoms with Crippen LogP contribution in [0.2, 0.25) is 0 Å². The largest absolute Gasteiger partial charge is 0.495 e. The molecule has 0 aromatic heterocycles. The van der Waals surface area contributed by atoms with Crippen LogP contribution in [0.1, 0.15) is 22.7 Å². The van der Waals surface area contributed by atoms with Gasteiger partial charge < -0.3 is 14.4 Å². The molecular weight excluding hydrogens is 405 g/mol. The van der Waals surface area contributed by atoms with Gasteiger partial charge in [-0.05, 0) is 41.6 Å². The van der Waals surface area contributed by atoms with Crippen LogP contribution < -0.4 is 4.74 Å². The maximum atomic E-state index is 13.5. The number of halogens is 1. The molecule has 0 N–H and O–H groups in total. The molecule has 0 spiro atoms. The summed E-state index contributed by atoms with van der Waals surface area (Å²) in [6, 6.07) is 18.8. The highest BCUT2D eigenvalue weighted by Crippen LogP contribution is 2.33. The third kappa shape index (κ3) is 4.76. The maximum Gasteiger partial charge on any atom is 0.142 e. The van der Waals surface area contributed by atoms with Crippen molar-refractivity contribution in [3.63, 3.8) is 0 Å². The van der Waals surface area contributed by atoms with E-state index in [1.807, 2.05) is 42.5 Å². The summed E-state index contributed by atoms with van der Waals surface area (Å²) in [5.41, 5.74) is 2.41. The van der Waals surface area contributed by atoms with Crippen molar-refractivity contribution in [2.75, 3.05) is 46.9 Å². The molecule has 1 saturated heterocycles. The number of benzene rings is 3. The van der Waals surface area contributed by atoms with Gasteiger partial charge >= 0.3 is 0 Å². The normalized spacial score (nSPS) is 16.1. The molecule has 1 aliphatic heterocycles. The lowest BCUT2D eigenvalue weighted by Crippen LogP contribution is -2.47. The molecule has 6 heteroatoms. The Morgan fingerprint density at radius 3 is 2.47 bits per heavy atom. The molecular formula is C26H28FN3O2. The monoisotopic (exact) mass is 433 g/mol. The van der Waals surface area contributed by atoms with Crippen LogP contribution >= 0.6 is 0 Å². The van der Waals surface area contributed by atoms with E-state index in [1.54, 1.807) is 7.11 Å². The Bertz CT molecular complexity index is 1100. The number of methoxy groups -OCH3 is 1. The number of nitrogens with zero attached hydrogens (tertiary/aromatic N) is 3. The molecule has 166 valence electrons. The zero-order valence-electron chi connectivity index (χ0n) is 18.6. The fraction of sp³-hybridized carbons (Fsp3) is 0.346. The van der Waals surface area contributed by atoms with Crippen LogP contribution in [0.25, 0.3) is 10.8 Å². The first-order chi connectivity index (χ1) is 15.6. The molecule has 0 aliphatic carbocycles. The van der Waals surface area contributed by atoms with Gasteiger partial charge in [-0.3, -0.25) is 4.90 Å². The second-order valence-corrected chi connectivity index (χ2v) is 8.19. The summed E-state index contributed by atoms with van der Waals surface area (Å²) in [6.45, 7) is 4.62. The molecule has 1 unspecified atom stereocenters. The van der Waals surface area contributed by atoms with Gasteiger partial charge in [-0.1, -0.05) is 36.4 Å². The summed E-state index contributed by atoms with van der Waals surface area (Å²) in [6.07, 6.45) is 0. The average Bonchev–Trinajstić information content (AvgIpc) is 2.82. The number of fused-ring (bicyclic) bond motifs is 1. The summed E-state index contributed by atoms with van der Waals surface area (Å²) < 4.78 is 25.4. The predicted octanol–water partition coefficient (Wildman–Crippen LogP) is 4.36. The molecule has 4 rings (SSSR count). The molecule has 1 atom stereocenters. The van der Waals surface area contributed by atoms with Crippen molar-refractivity contribution in [1.29, 1.82) is 5.26 Å². The van der Waals surface area contributed by atoms with Crippen molar-refractivity contribution in [3.8, 4) is 11.8 Å². The lowest BCUT2D eigenvalue weighted by molar-refractivity contribution is 0.0288. The lowest BCUT2D eigenvalue weighted by atomic mass is 10.00. The highest BCUT2D eigenvalue weighted by Gasteiger charge is 2.25. The van der Waals surface area contributed by atoms with Gasteiger partial charge in [0.2, 0.25) is 0 Å². The van der Waals surface area contributed by atoms with Gasteiger partial charge in [0.25, 0.3) is 0 Å². The van der Waals surface area contributed by atoms with E-state index in [9.17, 15) is 9.65 Å². The van der Waals surface area contributed by atoms with E-state index >= 15 is 0 Å². The van der Waals surface area contributed by atoms with E-state index in [-0.39, 0.29) is 11.9 Å². The summed E-state index contributed by atoms with van der Waals surface area (Å²) in [4.78, 5) is 4.71. The van der Waals surface area contributed by atoms with Crippen LogP contribution in [-0.4, -0.2) is 56.7 Å². The van der Waals surface area contributed by atoms with Crippen LogP contribution in [0.15, 0.2) is 54.6 Å². The van der Waals surface area contributed by atoms with Gasteiger partial charge in [-0.2, -0.15) is 5.26 Å². The fourth-order valence-electron chi connectivity index (χ4n) is 4.37. The SMILES string of the molecule is COc1c(C#N)cc2ccccc2c1COCC(c1ccc(F)cc1)N1CCN(C)CC1. The second kappa shape index (κ2) is 10.1. The highest BCUT2D eigenvalue weighted by atomic mass is 19.1. The van der Waals surface area contributed by atoms with Gasteiger partial charge in [-0.25, -0.2) is 4.39 Å². The number of hydrogen-bond acceptors (Lipinski definition) is 5. The van der Waals surface area contributed by atoms with Crippen LogP contribution in [0.3, 0.4) is 0 Å². The fourth-order valence-corrected chi connectivity index (χ4v) is 4.37. The number of nitriles is 1. The lowest BCUT2D eigenvalue weighted by Gasteiger charge is -2.38. The van der Waals surface area contributed by atoms with E-state index < -0.39 is 0 Å². The molecule has 32 heavy (non-hydrogen) atoms. The van der Waals surface area contributed by atoms with Crippen molar-refractivity contribution in [3.05, 3.63) is 77.1 Å². The van der Waals surface area contributed by atoms with Crippen LogP contribution in [-0.2, 0) is 11.3 Å². The molecule has 3 aromatic carbocycles. The minimum atomic E-state index is -0.240. The van der Waals surface area contributed by atoms with Gasteiger partial charge in [-0.15, -0.1) is 0 Å². The minimum absolute atomic E-state index is 0.0284. The Balaban J connectivity index is 1.58. The topological polar surface area (TPSA) is 48.7 Å². The van der Waals surface area contributed by atoms with Crippen molar-refractivity contribution in [2.45, 2.75) is 12.6 Å². The van der Waals surface area contributed by atoms with E-state index in [1.165, 1.54) is 12.1 Å². The number of ether oxygens (including phenoxy) is 2. The van der Waals surface area contributed by atoms with Crippen molar-refractivity contribution < 1.29 is 13.9 Å². The van der Waals surface area contributed by atoms with Crippen molar-refractivity contribution in [2.24, 2.45) is 0 Å². The predicted molar refractivity (Wildman–Crippen MR) is 123 cm³/mol. The van der Waals surface area contributed by atoms with Crippen molar-refractivity contribution >= 4 is 10.8 Å². The number of likely N-dealkylation sites (N-methyl/N-ethyl adjacent to an activating group) is 1. The van der Waals surface area contributed by atoms with E-state index in [0.717, 1.165) is 48.1 Å². The van der Waals surface area contributed by atoms with E-state index in [2.05, 4.69) is 22.9 Å². The Kier molecular flexibility index (Phi) is 7.01. The molecule has 1 fully saturated rings. The molecule has 5 nitrogen and oxygen atoms in total. The minimum Gasteiger partial charge on any atom is -0.495 e. The molecule has 1 aliphatic rings. The summed E-state index contributed by atoms with van der Waals surface area (Å²) in [5.74, 6) is 0.320. The van der Waals surface area contributed by atoms with Crippen LogP contribution in [0, 0.1) is 17.1 Å². The van der Waals surface area contributed by atoms with E-state index in [4.69, 9.17) is 9.47 Å². The summed E-state index contributed by atoms with van der Waals surface area (Å²) in [5, 5.41) is 11.6. The first kappa shape index (κ1) is 22.2. The van der Waals surface area contributed by atoms with Crippen LogP contribution in [0.4, 0.5) is 4.39 Å². The number of hydrogen-bond donors (Lipinski definition) is 0. The Morgan fingerprint density at radius 2 is 1.78 bits per heavy atom. The Labute approximate surface area is 188 Å². The smallest absolute Gasteiger partial charge is 0.142 e. The first-order valence-electron chi connectivity index (χ1n) is 10.8. The Hall–Kier alpha value is -2.98. The summed E-state index contributed by atoms with van der Waals surface area (Å²) >= 11 is 0. The molecule has 3 aromatic rings.